The van der Waals surface area contributed by atoms with Crippen molar-refractivity contribution < 1.29 is 13.2 Å². The molecular weight excluding hydrogens is 291 g/mol. The second-order valence-corrected chi connectivity index (χ2v) is 4.99. The van der Waals surface area contributed by atoms with Crippen LogP contribution < -0.4 is 16.8 Å². The van der Waals surface area contributed by atoms with Crippen molar-refractivity contribution in [2.75, 3.05) is 0 Å². The van der Waals surface area contributed by atoms with Crippen molar-refractivity contribution in [3.63, 3.8) is 0 Å². The van der Waals surface area contributed by atoms with Gasteiger partial charge in [-0.05, 0) is 18.1 Å². The minimum absolute atomic E-state index is 0.0176. The van der Waals surface area contributed by atoms with Gasteiger partial charge in [-0.2, -0.15) is 13.2 Å². The summed E-state index contributed by atoms with van der Waals surface area (Å²) in [6, 6.07) is 8.88. The molecule has 5 N–H and O–H groups in total. The van der Waals surface area contributed by atoms with E-state index in [4.69, 9.17) is 23.1 Å². The van der Waals surface area contributed by atoms with Gasteiger partial charge in [-0.3, -0.25) is 0 Å². The van der Waals surface area contributed by atoms with Crippen molar-refractivity contribution in [2.24, 2.45) is 11.5 Å². The van der Waals surface area contributed by atoms with E-state index in [1.807, 2.05) is 5.32 Å². The first-order valence-electron chi connectivity index (χ1n) is 5.78. The number of nitrogens with two attached hydrogens (primary N) is 2. The van der Waals surface area contributed by atoms with Crippen LogP contribution in [0.25, 0.3) is 0 Å². The Labute approximate surface area is 119 Å². The highest BCUT2D eigenvalue weighted by Gasteiger charge is 2.42. The summed E-state index contributed by atoms with van der Waals surface area (Å²) in [7, 11) is 0. The van der Waals surface area contributed by atoms with Crippen LogP contribution >= 0.6 is 11.6 Å². The molecule has 1 aromatic carbocycles. The molecule has 2 rings (SSSR count). The van der Waals surface area contributed by atoms with E-state index in [1.54, 1.807) is 30.3 Å². The van der Waals surface area contributed by atoms with E-state index in [-0.39, 0.29) is 17.3 Å². The molecule has 0 radical (unpaired) electrons. The lowest BCUT2D eigenvalue weighted by atomic mass is 9.86. The van der Waals surface area contributed by atoms with Crippen LogP contribution in [0.1, 0.15) is 5.56 Å². The normalized spacial score (nSPS) is 23.4. The van der Waals surface area contributed by atoms with Crippen LogP contribution in [0.3, 0.4) is 0 Å². The van der Waals surface area contributed by atoms with E-state index in [0.717, 1.165) is 11.6 Å². The summed E-state index contributed by atoms with van der Waals surface area (Å²) < 4.78 is 38.4. The van der Waals surface area contributed by atoms with Gasteiger partial charge in [0.25, 0.3) is 0 Å². The molecule has 7 heteroatoms. The third kappa shape index (κ3) is 2.91. The fourth-order valence-corrected chi connectivity index (χ4v) is 2.27. The predicted octanol–water partition coefficient (Wildman–Crippen LogP) is 2.34. The van der Waals surface area contributed by atoms with Crippen LogP contribution in [0.2, 0.25) is 0 Å². The lowest BCUT2D eigenvalue weighted by molar-refractivity contribution is -0.0965. The van der Waals surface area contributed by atoms with Crippen LogP contribution in [0, 0.1) is 0 Å². The molecule has 20 heavy (non-hydrogen) atoms. The standard InChI is InChI=1S/C13H13ClF3N3/c14-11-10(18)12(19,6-8-4-2-1-3-5-8)7-9(20-11)13(15,16)17/h1-5,7,20H,6,18-19H2. The Balaban J connectivity index is 2.40. The number of halogens is 4. The van der Waals surface area contributed by atoms with Crippen molar-refractivity contribution in [2.45, 2.75) is 18.1 Å². The van der Waals surface area contributed by atoms with Gasteiger partial charge in [0.2, 0.25) is 0 Å². The van der Waals surface area contributed by atoms with Gasteiger partial charge < -0.3 is 16.8 Å². The molecule has 1 aromatic rings. The molecular formula is C13H13ClF3N3. The molecule has 1 unspecified atom stereocenters. The van der Waals surface area contributed by atoms with E-state index in [0.29, 0.717) is 0 Å². The second-order valence-electron chi connectivity index (χ2n) is 4.61. The van der Waals surface area contributed by atoms with Crippen molar-refractivity contribution in [3.05, 3.63) is 58.5 Å². The van der Waals surface area contributed by atoms with Gasteiger partial charge in [-0.1, -0.05) is 41.9 Å². The number of alkyl halides is 3. The number of nitrogens with one attached hydrogen (secondary N) is 1. The Morgan fingerprint density at radius 1 is 1.20 bits per heavy atom. The molecule has 0 saturated heterocycles. The van der Waals surface area contributed by atoms with Crippen molar-refractivity contribution in [3.8, 4) is 0 Å². The SMILES string of the molecule is NC1=C(Cl)NC(C(F)(F)F)=CC1(N)Cc1ccccc1. The molecule has 1 aliphatic rings. The summed E-state index contributed by atoms with van der Waals surface area (Å²) in [5.74, 6) is 0. The van der Waals surface area contributed by atoms with Gasteiger partial charge in [0.15, 0.2) is 0 Å². The van der Waals surface area contributed by atoms with Crippen molar-refractivity contribution >= 4 is 11.6 Å². The summed E-state index contributed by atoms with van der Waals surface area (Å²) in [5, 5.41) is 1.73. The molecule has 108 valence electrons. The third-order valence-electron chi connectivity index (χ3n) is 3.03. The highest BCUT2D eigenvalue weighted by molar-refractivity contribution is 6.30. The minimum Gasteiger partial charge on any atom is -0.398 e. The molecule has 0 saturated carbocycles. The number of rotatable bonds is 2. The van der Waals surface area contributed by atoms with Gasteiger partial charge in [0.05, 0.1) is 11.2 Å². The topological polar surface area (TPSA) is 64.1 Å². The summed E-state index contributed by atoms with van der Waals surface area (Å²) in [4.78, 5) is 0. The summed E-state index contributed by atoms with van der Waals surface area (Å²) in [6.07, 6.45) is -3.57. The minimum atomic E-state index is -4.57. The van der Waals surface area contributed by atoms with Crippen LogP contribution in [-0.4, -0.2) is 11.7 Å². The van der Waals surface area contributed by atoms with Gasteiger partial charge >= 0.3 is 6.18 Å². The largest absolute Gasteiger partial charge is 0.431 e. The van der Waals surface area contributed by atoms with Gasteiger partial charge in [0, 0.05) is 0 Å². The Morgan fingerprint density at radius 2 is 1.80 bits per heavy atom. The average molecular weight is 304 g/mol. The monoisotopic (exact) mass is 303 g/mol. The fraction of sp³-hybridized carbons (Fsp3) is 0.231. The molecule has 0 aliphatic carbocycles. The van der Waals surface area contributed by atoms with Gasteiger partial charge in [-0.25, -0.2) is 0 Å². The lowest BCUT2D eigenvalue weighted by Gasteiger charge is -2.33. The Kier molecular flexibility index (Phi) is 3.71. The number of hydrogen-bond acceptors (Lipinski definition) is 3. The van der Waals surface area contributed by atoms with Gasteiger partial charge in [-0.15, -0.1) is 0 Å². The lowest BCUT2D eigenvalue weighted by Crippen LogP contribution is -2.51. The predicted molar refractivity (Wildman–Crippen MR) is 71.4 cm³/mol. The van der Waals surface area contributed by atoms with E-state index < -0.39 is 17.4 Å². The molecule has 1 heterocycles. The molecule has 3 nitrogen and oxygen atoms in total. The number of dihydropyridines is 1. The smallest absolute Gasteiger partial charge is 0.398 e. The molecule has 0 fully saturated rings. The zero-order valence-corrected chi connectivity index (χ0v) is 11.1. The average Bonchev–Trinajstić information content (AvgIpc) is 2.35. The first-order chi connectivity index (χ1) is 9.22. The van der Waals surface area contributed by atoms with Crippen LogP contribution in [-0.2, 0) is 6.42 Å². The van der Waals surface area contributed by atoms with Gasteiger partial charge in [0.1, 0.15) is 10.9 Å². The third-order valence-corrected chi connectivity index (χ3v) is 3.33. The van der Waals surface area contributed by atoms with Crippen LogP contribution in [0.5, 0.6) is 0 Å². The summed E-state index contributed by atoms with van der Waals surface area (Å²) in [6.45, 7) is 0. The molecule has 0 spiro atoms. The maximum Gasteiger partial charge on any atom is 0.431 e. The molecule has 1 aliphatic heterocycles. The molecule has 0 amide bonds. The Bertz CT molecular complexity index is 566. The van der Waals surface area contributed by atoms with E-state index in [9.17, 15) is 13.2 Å². The number of benzene rings is 1. The summed E-state index contributed by atoms with van der Waals surface area (Å²) >= 11 is 5.74. The quantitative estimate of drug-likeness (QED) is 0.735. The Morgan fingerprint density at radius 3 is 2.35 bits per heavy atom. The molecule has 0 bridgehead atoms. The zero-order valence-electron chi connectivity index (χ0n) is 10.3. The summed E-state index contributed by atoms with van der Waals surface area (Å²) in [5.41, 5.74) is 10.1. The first-order valence-corrected chi connectivity index (χ1v) is 6.16. The number of hydrogen-bond donors (Lipinski definition) is 3. The Hall–Kier alpha value is -1.66. The first kappa shape index (κ1) is 14.7. The maximum atomic E-state index is 12.8. The highest BCUT2D eigenvalue weighted by Crippen LogP contribution is 2.33. The molecule has 0 aromatic heterocycles. The second kappa shape index (κ2) is 5.03. The zero-order chi connectivity index (χ0) is 15.0. The van der Waals surface area contributed by atoms with Crippen molar-refractivity contribution in [1.82, 2.24) is 5.32 Å². The maximum absolute atomic E-state index is 12.8. The van der Waals surface area contributed by atoms with Crippen molar-refractivity contribution in [1.29, 1.82) is 0 Å². The highest BCUT2D eigenvalue weighted by atomic mass is 35.5. The fourth-order valence-electron chi connectivity index (χ4n) is 1.99. The van der Waals surface area contributed by atoms with Crippen LogP contribution in [0.4, 0.5) is 13.2 Å². The van der Waals surface area contributed by atoms with E-state index >= 15 is 0 Å². The number of allylic oxidation sites excluding steroid dienone is 1. The molecule has 1 atom stereocenters. The van der Waals surface area contributed by atoms with Crippen LogP contribution in [0.15, 0.2) is 53.0 Å². The van der Waals surface area contributed by atoms with E-state index in [1.165, 1.54) is 0 Å². The van der Waals surface area contributed by atoms with E-state index in [2.05, 4.69) is 0 Å².